The van der Waals surface area contributed by atoms with E-state index >= 15 is 0 Å². The number of hydrogen-bond acceptors (Lipinski definition) is 8. The number of alkyl halides is 3. The quantitative estimate of drug-likeness (QED) is 0.377. The van der Waals surface area contributed by atoms with Gasteiger partial charge in [0, 0.05) is 55.0 Å². The number of fused-ring (bicyclic) bond motifs is 2. The van der Waals surface area contributed by atoms with E-state index in [0.717, 1.165) is 67.2 Å². The molecule has 2 aliphatic heterocycles. The van der Waals surface area contributed by atoms with Crippen LogP contribution in [0, 0.1) is 11.8 Å². The lowest BCUT2D eigenvalue weighted by Crippen LogP contribution is -2.53. The zero-order chi connectivity index (χ0) is 28.4. The van der Waals surface area contributed by atoms with Crippen LogP contribution in [0.1, 0.15) is 24.8 Å². The zero-order valence-electron chi connectivity index (χ0n) is 22.4. The molecule has 5 atom stereocenters. The number of aliphatic hydroxyl groups is 4. The van der Waals surface area contributed by atoms with Gasteiger partial charge in [0.05, 0.1) is 29.1 Å². The Balaban J connectivity index is 1.13. The summed E-state index contributed by atoms with van der Waals surface area (Å²) in [5.74, 6) is -0.586. The van der Waals surface area contributed by atoms with Gasteiger partial charge in [0.25, 0.3) is 0 Å². The highest BCUT2D eigenvalue weighted by atomic mass is 32.2. The van der Waals surface area contributed by atoms with Gasteiger partial charge >= 0.3 is 6.18 Å². The van der Waals surface area contributed by atoms with Gasteiger partial charge < -0.3 is 35.1 Å². The van der Waals surface area contributed by atoms with E-state index < -0.39 is 36.0 Å². The molecule has 0 amide bonds. The first-order valence-corrected chi connectivity index (χ1v) is 14.8. The fraction of sp³-hybridized carbons (Fsp3) is 0.586. The lowest BCUT2D eigenvalue weighted by Gasteiger charge is -2.41. The van der Waals surface area contributed by atoms with Crippen molar-refractivity contribution >= 4 is 23.1 Å². The van der Waals surface area contributed by atoms with E-state index in [1.807, 2.05) is 29.2 Å². The first-order valence-electron chi connectivity index (χ1n) is 14.0. The predicted octanol–water partition coefficient (Wildman–Crippen LogP) is 3.42. The molecular weight excluding hydrogens is 543 g/mol. The standard InChI is InChI=1S/C29H38F3N3O4S/c30-29(31,32)21-6-7-25-23(17-21)35(22-4-1-2-5-24(22)40-25)10-3-9-33-12-14-34(15-13-33)11-8-19-16-20(18-36)27(38)28(39)26(19)37/h1-2,4-7,17,19-20,26-28,36-39H,3,8-16,18H2/t19?,20-,26+,27-,28-/m1/s1. The number of piperazine rings is 1. The Morgan fingerprint density at radius 3 is 2.12 bits per heavy atom. The molecule has 1 saturated carbocycles. The second kappa shape index (κ2) is 12.6. The second-order valence-corrected chi connectivity index (χ2v) is 12.2. The summed E-state index contributed by atoms with van der Waals surface area (Å²) < 4.78 is 40.4. The largest absolute Gasteiger partial charge is 0.416 e. The van der Waals surface area contributed by atoms with Crippen molar-refractivity contribution in [3.8, 4) is 0 Å². The minimum absolute atomic E-state index is 0.167. The number of nitrogens with zero attached hydrogens (tertiary/aromatic N) is 3. The minimum atomic E-state index is -4.39. The molecule has 0 bridgehead atoms. The third-order valence-corrected chi connectivity index (χ3v) is 9.73. The second-order valence-electron chi connectivity index (χ2n) is 11.1. The molecule has 1 unspecified atom stereocenters. The lowest BCUT2D eigenvalue weighted by molar-refractivity contribution is -0.143. The number of hydrogen-bond donors (Lipinski definition) is 4. The highest BCUT2D eigenvalue weighted by Crippen LogP contribution is 2.49. The molecule has 7 nitrogen and oxygen atoms in total. The Hall–Kier alpha value is -1.86. The van der Waals surface area contributed by atoms with Crippen molar-refractivity contribution in [2.24, 2.45) is 11.8 Å². The summed E-state index contributed by atoms with van der Waals surface area (Å²) in [5.41, 5.74) is 0.912. The number of rotatable bonds is 8. The smallest absolute Gasteiger partial charge is 0.396 e. The molecule has 3 aliphatic rings. The van der Waals surface area contributed by atoms with Crippen molar-refractivity contribution in [1.29, 1.82) is 0 Å². The topological polar surface area (TPSA) is 90.6 Å². The molecule has 0 radical (unpaired) electrons. The molecule has 4 N–H and O–H groups in total. The average molecular weight is 582 g/mol. The maximum atomic E-state index is 13.5. The Labute approximate surface area is 237 Å². The molecule has 11 heteroatoms. The summed E-state index contributed by atoms with van der Waals surface area (Å²) in [6.07, 6.45) is -5.73. The summed E-state index contributed by atoms with van der Waals surface area (Å²) in [5, 5.41) is 40.1. The number of halogens is 3. The summed E-state index contributed by atoms with van der Waals surface area (Å²) in [6.45, 7) is 5.54. The first kappa shape index (κ1) is 29.6. The highest BCUT2D eigenvalue weighted by Gasteiger charge is 2.42. The van der Waals surface area contributed by atoms with Crippen molar-refractivity contribution in [3.05, 3.63) is 48.0 Å². The molecular formula is C29H38F3N3O4S. The minimum Gasteiger partial charge on any atom is -0.396 e. The highest BCUT2D eigenvalue weighted by molar-refractivity contribution is 7.99. The van der Waals surface area contributed by atoms with E-state index in [0.29, 0.717) is 25.1 Å². The Bertz CT molecular complexity index is 1150. The van der Waals surface area contributed by atoms with Crippen LogP contribution in [0.2, 0.25) is 0 Å². The third-order valence-electron chi connectivity index (χ3n) is 8.60. The van der Waals surface area contributed by atoms with Crippen LogP contribution in [0.3, 0.4) is 0 Å². The lowest BCUT2D eigenvalue weighted by atomic mass is 9.74. The molecule has 220 valence electrons. The molecule has 2 aromatic carbocycles. The average Bonchev–Trinajstić information content (AvgIpc) is 2.95. The summed E-state index contributed by atoms with van der Waals surface area (Å²) in [6, 6.07) is 11.8. The normalized spacial score (nSPS) is 27.9. The maximum Gasteiger partial charge on any atom is 0.416 e. The van der Waals surface area contributed by atoms with E-state index in [1.165, 1.54) is 17.8 Å². The maximum absolute atomic E-state index is 13.5. The summed E-state index contributed by atoms with van der Waals surface area (Å²) in [7, 11) is 0. The van der Waals surface area contributed by atoms with Crippen molar-refractivity contribution < 1.29 is 33.6 Å². The Morgan fingerprint density at radius 2 is 1.43 bits per heavy atom. The van der Waals surface area contributed by atoms with E-state index in [1.54, 1.807) is 6.07 Å². The van der Waals surface area contributed by atoms with Crippen LogP contribution in [-0.4, -0.2) is 101 Å². The van der Waals surface area contributed by atoms with Crippen molar-refractivity contribution in [2.75, 3.05) is 57.3 Å². The van der Waals surface area contributed by atoms with Crippen molar-refractivity contribution in [3.63, 3.8) is 0 Å². The van der Waals surface area contributed by atoms with Gasteiger partial charge in [-0.3, -0.25) is 0 Å². The van der Waals surface area contributed by atoms with Gasteiger partial charge in [-0.15, -0.1) is 0 Å². The molecule has 0 spiro atoms. The van der Waals surface area contributed by atoms with Crippen LogP contribution < -0.4 is 4.90 Å². The van der Waals surface area contributed by atoms with Crippen LogP contribution in [0.25, 0.3) is 0 Å². The van der Waals surface area contributed by atoms with Crippen LogP contribution in [0.4, 0.5) is 24.5 Å². The monoisotopic (exact) mass is 581 g/mol. The van der Waals surface area contributed by atoms with Gasteiger partial charge in [-0.05, 0) is 68.6 Å². The molecule has 1 saturated heterocycles. The Morgan fingerprint density at radius 1 is 0.775 bits per heavy atom. The molecule has 5 rings (SSSR count). The molecule has 2 heterocycles. The van der Waals surface area contributed by atoms with E-state index in [9.17, 15) is 33.6 Å². The number of para-hydroxylation sites is 1. The van der Waals surface area contributed by atoms with Crippen molar-refractivity contribution in [1.82, 2.24) is 9.80 Å². The van der Waals surface area contributed by atoms with Crippen molar-refractivity contribution in [2.45, 2.75) is 53.5 Å². The molecule has 2 fully saturated rings. The number of anilines is 2. The molecule has 0 aromatic heterocycles. The zero-order valence-corrected chi connectivity index (χ0v) is 23.2. The Kier molecular flexibility index (Phi) is 9.30. The van der Waals surface area contributed by atoms with Gasteiger partial charge in [0.2, 0.25) is 0 Å². The third kappa shape index (κ3) is 6.46. The van der Waals surface area contributed by atoms with Crippen LogP contribution >= 0.6 is 11.8 Å². The van der Waals surface area contributed by atoms with Crippen LogP contribution in [0.5, 0.6) is 0 Å². The predicted molar refractivity (Wildman–Crippen MR) is 148 cm³/mol. The van der Waals surface area contributed by atoms with Crippen LogP contribution in [-0.2, 0) is 6.18 Å². The fourth-order valence-electron chi connectivity index (χ4n) is 6.18. The SMILES string of the molecule is OC[C@H]1CC(CCN2CCN(CCCN3c4ccccc4Sc4ccc(C(F)(F)F)cc43)CC2)[C@H](O)[C@@H](O)[C@@H]1O. The van der Waals surface area contributed by atoms with Gasteiger partial charge in [0.1, 0.15) is 6.10 Å². The molecule has 1 aliphatic carbocycles. The van der Waals surface area contributed by atoms with E-state index in [4.69, 9.17) is 0 Å². The number of benzene rings is 2. The molecule has 2 aromatic rings. The summed E-state index contributed by atoms with van der Waals surface area (Å²) >= 11 is 1.50. The van der Waals surface area contributed by atoms with Gasteiger partial charge in [-0.25, -0.2) is 0 Å². The number of aliphatic hydroxyl groups excluding tert-OH is 4. The fourth-order valence-corrected chi connectivity index (χ4v) is 7.26. The van der Waals surface area contributed by atoms with E-state index in [2.05, 4.69) is 9.80 Å². The first-order chi connectivity index (χ1) is 19.2. The van der Waals surface area contributed by atoms with Gasteiger partial charge in [0.15, 0.2) is 0 Å². The van der Waals surface area contributed by atoms with Gasteiger partial charge in [-0.2, -0.15) is 13.2 Å². The summed E-state index contributed by atoms with van der Waals surface area (Å²) in [4.78, 5) is 8.61. The van der Waals surface area contributed by atoms with Gasteiger partial charge in [-0.1, -0.05) is 23.9 Å². The van der Waals surface area contributed by atoms with Crippen LogP contribution in [0.15, 0.2) is 52.3 Å². The van der Waals surface area contributed by atoms with E-state index in [-0.39, 0.29) is 12.5 Å². The molecule has 40 heavy (non-hydrogen) atoms.